The number of rotatable bonds is 3. The normalized spacial score (nSPS) is 10.6. The van der Waals surface area contributed by atoms with Gasteiger partial charge in [-0.25, -0.2) is 4.98 Å². The molecule has 1 N–H and O–H groups in total. The van der Waals surface area contributed by atoms with Crippen LogP contribution in [0.3, 0.4) is 0 Å². The summed E-state index contributed by atoms with van der Waals surface area (Å²) in [5.41, 5.74) is 2.85. The number of hydrogen-bond acceptors (Lipinski definition) is 4. The second-order valence-corrected chi connectivity index (χ2v) is 4.87. The molecule has 0 fully saturated rings. The van der Waals surface area contributed by atoms with Crippen LogP contribution in [0.15, 0.2) is 21.3 Å². The van der Waals surface area contributed by atoms with Crippen LogP contribution >= 0.6 is 27.5 Å². The van der Waals surface area contributed by atoms with Crippen molar-refractivity contribution in [3.8, 4) is 0 Å². The van der Waals surface area contributed by atoms with Gasteiger partial charge in [-0.2, -0.15) is 0 Å². The van der Waals surface area contributed by atoms with Crippen molar-refractivity contribution in [3.63, 3.8) is 0 Å². The first kappa shape index (κ1) is 12.4. The minimum Gasteiger partial charge on any atom is -0.379 e. The molecule has 17 heavy (non-hydrogen) atoms. The van der Waals surface area contributed by atoms with E-state index < -0.39 is 0 Å². The zero-order chi connectivity index (χ0) is 12.4. The van der Waals surface area contributed by atoms with E-state index in [1.807, 2.05) is 19.9 Å². The van der Waals surface area contributed by atoms with Crippen LogP contribution in [0.5, 0.6) is 0 Å². The Balaban J connectivity index is 2.10. The van der Waals surface area contributed by atoms with Gasteiger partial charge in [0.15, 0.2) is 0 Å². The third-order valence-corrected chi connectivity index (χ3v) is 3.58. The highest BCUT2D eigenvalue weighted by Crippen LogP contribution is 2.23. The van der Waals surface area contributed by atoms with Crippen LogP contribution in [0.2, 0.25) is 5.15 Å². The van der Waals surface area contributed by atoms with E-state index in [1.165, 1.54) is 0 Å². The summed E-state index contributed by atoms with van der Waals surface area (Å²) in [6.07, 6.45) is 1.69. The quantitative estimate of drug-likeness (QED) is 0.877. The lowest BCUT2D eigenvalue weighted by Gasteiger charge is -2.06. The van der Waals surface area contributed by atoms with Crippen LogP contribution in [0, 0.1) is 13.8 Å². The Morgan fingerprint density at radius 2 is 2.24 bits per heavy atom. The first-order chi connectivity index (χ1) is 8.08. The van der Waals surface area contributed by atoms with E-state index >= 15 is 0 Å². The Labute approximate surface area is 112 Å². The first-order valence-electron chi connectivity index (χ1n) is 5.04. The van der Waals surface area contributed by atoms with Crippen LogP contribution in [-0.2, 0) is 6.54 Å². The molecule has 0 aliphatic heterocycles. The fourth-order valence-electron chi connectivity index (χ4n) is 1.46. The molecule has 2 rings (SSSR count). The summed E-state index contributed by atoms with van der Waals surface area (Å²) in [6.45, 7) is 4.47. The molecule has 90 valence electrons. The molecule has 0 aliphatic rings. The number of aromatic nitrogens is 2. The van der Waals surface area contributed by atoms with Crippen LogP contribution in [0.1, 0.15) is 17.0 Å². The predicted octanol–water partition coefficient (Wildman–Crippen LogP) is 3.71. The summed E-state index contributed by atoms with van der Waals surface area (Å²) in [4.78, 5) is 4.04. The Morgan fingerprint density at radius 3 is 2.82 bits per heavy atom. The molecule has 2 heterocycles. The zero-order valence-corrected chi connectivity index (χ0v) is 11.8. The van der Waals surface area contributed by atoms with E-state index in [0.29, 0.717) is 11.7 Å². The molecule has 0 unspecified atom stereocenters. The van der Waals surface area contributed by atoms with Crippen LogP contribution in [0.4, 0.5) is 5.69 Å². The van der Waals surface area contributed by atoms with Gasteiger partial charge >= 0.3 is 0 Å². The second-order valence-electron chi connectivity index (χ2n) is 3.65. The average molecular weight is 317 g/mol. The minimum absolute atomic E-state index is 0.452. The number of halogens is 2. The van der Waals surface area contributed by atoms with E-state index in [-0.39, 0.29) is 0 Å². The second kappa shape index (κ2) is 5.06. The lowest BCUT2D eigenvalue weighted by Crippen LogP contribution is -2.01. The lowest BCUT2D eigenvalue weighted by atomic mass is 10.2. The first-order valence-corrected chi connectivity index (χ1v) is 6.21. The summed E-state index contributed by atoms with van der Waals surface area (Å²) in [5, 5.41) is 7.60. The standard InChI is InChI=1S/C11H11BrClN3O/c1-6-9(7(2)17-16-6)5-14-8-3-10(12)11(13)15-4-8/h3-4,14H,5H2,1-2H3. The van der Waals surface area contributed by atoms with Crippen LogP contribution < -0.4 is 5.32 Å². The largest absolute Gasteiger partial charge is 0.379 e. The maximum absolute atomic E-state index is 5.82. The van der Waals surface area contributed by atoms with Gasteiger partial charge in [-0.05, 0) is 35.8 Å². The van der Waals surface area contributed by atoms with Crippen molar-refractivity contribution in [2.24, 2.45) is 0 Å². The topological polar surface area (TPSA) is 51.0 Å². The van der Waals surface area contributed by atoms with E-state index in [2.05, 4.69) is 31.4 Å². The van der Waals surface area contributed by atoms with Crippen molar-refractivity contribution in [3.05, 3.63) is 38.9 Å². The molecule has 0 amide bonds. The number of aryl methyl sites for hydroxylation is 2. The fraction of sp³-hybridized carbons (Fsp3) is 0.273. The van der Waals surface area contributed by atoms with Gasteiger partial charge in [0.25, 0.3) is 0 Å². The predicted molar refractivity (Wildman–Crippen MR) is 70.3 cm³/mol. The van der Waals surface area contributed by atoms with Crippen molar-refractivity contribution >= 4 is 33.2 Å². The third kappa shape index (κ3) is 2.79. The molecular weight excluding hydrogens is 305 g/mol. The highest BCUT2D eigenvalue weighted by molar-refractivity contribution is 9.10. The Morgan fingerprint density at radius 1 is 1.47 bits per heavy atom. The molecule has 0 saturated heterocycles. The Hall–Kier alpha value is -1.07. The molecule has 2 aromatic heterocycles. The summed E-state index contributed by atoms with van der Waals surface area (Å²) in [6, 6.07) is 1.88. The highest BCUT2D eigenvalue weighted by Gasteiger charge is 2.08. The van der Waals surface area contributed by atoms with E-state index in [9.17, 15) is 0 Å². The van der Waals surface area contributed by atoms with E-state index in [0.717, 1.165) is 27.2 Å². The molecule has 0 bridgehead atoms. The van der Waals surface area contributed by atoms with Gasteiger partial charge in [0.1, 0.15) is 10.9 Å². The molecule has 2 aromatic rings. The van der Waals surface area contributed by atoms with Gasteiger partial charge in [-0.3, -0.25) is 0 Å². The maximum atomic E-state index is 5.82. The summed E-state index contributed by atoms with van der Waals surface area (Å²) >= 11 is 9.15. The maximum Gasteiger partial charge on any atom is 0.143 e. The number of nitrogens with one attached hydrogen (secondary N) is 1. The van der Waals surface area contributed by atoms with Gasteiger partial charge < -0.3 is 9.84 Å². The molecule has 0 aliphatic carbocycles. The van der Waals surface area contributed by atoms with Gasteiger partial charge in [0.2, 0.25) is 0 Å². The van der Waals surface area contributed by atoms with Crippen LogP contribution in [-0.4, -0.2) is 10.1 Å². The van der Waals surface area contributed by atoms with Crippen molar-refractivity contribution < 1.29 is 4.52 Å². The van der Waals surface area contributed by atoms with Gasteiger partial charge in [-0.15, -0.1) is 0 Å². The monoisotopic (exact) mass is 315 g/mol. The molecule has 0 spiro atoms. The van der Waals surface area contributed by atoms with E-state index in [1.54, 1.807) is 6.20 Å². The summed E-state index contributed by atoms with van der Waals surface area (Å²) < 4.78 is 5.86. The van der Waals surface area contributed by atoms with Crippen molar-refractivity contribution in [1.29, 1.82) is 0 Å². The fourth-order valence-corrected chi connectivity index (χ4v) is 1.91. The summed E-state index contributed by atoms with van der Waals surface area (Å²) in [5.74, 6) is 0.830. The SMILES string of the molecule is Cc1noc(C)c1CNc1cnc(Cl)c(Br)c1. The minimum atomic E-state index is 0.452. The van der Waals surface area contributed by atoms with Gasteiger partial charge in [-0.1, -0.05) is 16.8 Å². The number of nitrogens with zero attached hydrogens (tertiary/aromatic N) is 2. The molecule has 0 aromatic carbocycles. The van der Waals surface area contributed by atoms with Crippen molar-refractivity contribution in [2.75, 3.05) is 5.32 Å². The molecule has 6 heteroatoms. The Bertz CT molecular complexity index is 522. The molecular formula is C11H11BrClN3O. The number of anilines is 1. The molecule has 0 atom stereocenters. The molecule has 4 nitrogen and oxygen atoms in total. The molecule has 0 saturated carbocycles. The lowest BCUT2D eigenvalue weighted by molar-refractivity contribution is 0.392. The van der Waals surface area contributed by atoms with Crippen LogP contribution in [0.25, 0.3) is 0 Å². The number of pyridine rings is 1. The number of hydrogen-bond donors (Lipinski definition) is 1. The third-order valence-electron chi connectivity index (χ3n) is 2.45. The summed E-state index contributed by atoms with van der Waals surface area (Å²) in [7, 11) is 0. The zero-order valence-electron chi connectivity index (χ0n) is 9.42. The van der Waals surface area contributed by atoms with E-state index in [4.69, 9.17) is 16.1 Å². The smallest absolute Gasteiger partial charge is 0.143 e. The highest BCUT2D eigenvalue weighted by atomic mass is 79.9. The van der Waals surface area contributed by atoms with Crippen molar-refractivity contribution in [2.45, 2.75) is 20.4 Å². The van der Waals surface area contributed by atoms with Gasteiger partial charge in [0, 0.05) is 12.1 Å². The van der Waals surface area contributed by atoms with Gasteiger partial charge in [0.05, 0.1) is 22.1 Å². The Kier molecular flexibility index (Phi) is 3.69. The van der Waals surface area contributed by atoms with Crippen molar-refractivity contribution in [1.82, 2.24) is 10.1 Å². The molecule has 0 radical (unpaired) electrons. The average Bonchev–Trinajstić information content (AvgIpc) is 2.61.